The normalized spacial score (nSPS) is 14.0. The number of hydrogen-bond acceptors (Lipinski definition) is 4. The summed E-state index contributed by atoms with van der Waals surface area (Å²) in [4.78, 5) is 0. The predicted molar refractivity (Wildman–Crippen MR) is 105 cm³/mol. The van der Waals surface area contributed by atoms with Crippen LogP contribution in [0.2, 0.25) is 0 Å². The van der Waals surface area contributed by atoms with E-state index in [9.17, 15) is 18.1 Å². The van der Waals surface area contributed by atoms with Crippen LogP contribution in [0.1, 0.15) is 117 Å². The van der Waals surface area contributed by atoms with E-state index in [1.54, 1.807) is 0 Å². The van der Waals surface area contributed by atoms with Crippen LogP contribution in [-0.4, -0.2) is 29.4 Å². The Bertz CT molecular complexity index is 387. The van der Waals surface area contributed by atoms with Crippen LogP contribution in [-0.2, 0) is 10.1 Å². The molecule has 0 heterocycles. The van der Waals surface area contributed by atoms with Crippen molar-refractivity contribution in [2.24, 2.45) is 0 Å². The molecule has 0 fully saturated rings. The van der Waals surface area contributed by atoms with E-state index in [1.807, 2.05) is 0 Å². The fourth-order valence-electron chi connectivity index (χ4n) is 3.27. The molecule has 26 heavy (non-hydrogen) atoms. The largest absolute Gasteiger partial charge is 1.00 e. The standard InChI is InChI=1S/C20H42O4S.K/c1-3-5-7-8-9-10-11-12-17-20(25(22,23)24)18-14-13-16-19(21)15-6-4-2;/h19-21H,3-18H2,1-2H3,(H,22,23,24);/q;+1/p-1. The molecular weight excluding hydrogens is 375 g/mol. The molecule has 4 nitrogen and oxygen atoms in total. The van der Waals surface area contributed by atoms with Gasteiger partial charge in [0.25, 0.3) is 0 Å². The predicted octanol–water partition coefficient (Wildman–Crippen LogP) is 2.55. The first-order chi connectivity index (χ1) is 11.9. The SMILES string of the molecule is CCCCCCCCCCC(CCCCC(O)CCCC)S(=O)(=O)[O-].[K+]. The van der Waals surface area contributed by atoms with Crippen LogP contribution in [0, 0.1) is 0 Å². The summed E-state index contributed by atoms with van der Waals surface area (Å²) in [6.07, 6.45) is 15.1. The summed E-state index contributed by atoms with van der Waals surface area (Å²) in [5.74, 6) is 0. The van der Waals surface area contributed by atoms with Crippen LogP contribution in [0.4, 0.5) is 0 Å². The molecule has 0 bridgehead atoms. The average molecular weight is 417 g/mol. The van der Waals surface area contributed by atoms with E-state index in [4.69, 9.17) is 0 Å². The molecule has 6 heteroatoms. The zero-order chi connectivity index (χ0) is 19.0. The number of unbranched alkanes of at least 4 members (excludes halogenated alkanes) is 9. The van der Waals surface area contributed by atoms with Crippen molar-refractivity contribution in [2.45, 2.75) is 128 Å². The minimum atomic E-state index is -4.20. The fraction of sp³-hybridized carbons (Fsp3) is 1.00. The number of aliphatic hydroxyl groups is 1. The van der Waals surface area contributed by atoms with E-state index in [1.165, 1.54) is 32.1 Å². The van der Waals surface area contributed by atoms with Crippen LogP contribution < -0.4 is 51.4 Å². The molecule has 0 saturated heterocycles. The summed E-state index contributed by atoms with van der Waals surface area (Å²) in [5.41, 5.74) is 0. The second-order valence-corrected chi connectivity index (χ2v) is 9.11. The molecule has 1 N–H and O–H groups in total. The van der Waals surface area contributed by atoms with Crippen molar-refractivity contribution in [2.75, 3.05) is 0 Å². The minimum absolute atomic E-state index is 0. The Morgan fingerprint density at radius 3 is 1.58 bits per heavy atom. The Kier molecular flexibility index (Phi) is 22.6. The molecule has 0 saturated carbocycles. The van der Waals surface area contributed by atoms with Crippen molar-refractivity contribution < 1.29 is 69.5 Å². The Morgan fingerprint density at radius 2 is 1.08 bits per heavy atom. The van der Waals surface area contributed by atoms with Gasteiger partial charge in [0.2, 0.25) is 0 Å². The van der Waals surface area contributed by atoms with E-state index in [0.29, 0.717) is 25.7 Å². The van der Waals surface area contributed by atoms with Gasteiger partial charge >= 0.3 is 51.4 Å². The Morgan fingerprint density at radius 1 is 0.692 bits per heavy atom. The molecule has 0 aromatic carbocycles. The molecule has 152 valence electrons. The number of hydrogen-bond donors (Lipinski definition) is 1. The van der Waals surface area contributed by atoms with E-state index < -0.39 is 15.4 Å². The van der Waals surface area contributed by atoms with Crippen LogP contribution in [0.5, 0.6) is 0 Å². The van der Waals surface area contributed by atoms with E-state index in [0.717, 1.165) is 44.9 Å². The second-order valence-electron chi connectivity index (χ2n) is 7.46. The third-order valence-electron chi connectivity index (χ3n) is 4.99. The van der Waals surface area contributed by atoms with Gasteiger partial charge in [0.05, 0.1) is 16.2 Å². The first-order valence-electron chi connectivity index (χ1n) is 10.5. The molecule has 0 rings (SSSR count). The molecule has 2 atom stereocenters. The maximum Gasteiger partial charge on any atom is 1.00 e. The van der Waals surface area contributed by atoms with E-state index in [-0.39, 0.29) is 57.5 Å². The summed E-state index contributed by atoms with van der Waals surface area (Å²) in [6.45, 7) is 4.30. The third kappa shape index (κ3) is 18.9. The van der Waals surface area contributed by atoms with Crippen molar-refractivity contribution >= 4 is 10.1 Å². The van der Waals surface area contributed by atoms with E-state index in [2.05, 4.69) is 13.8 Å². The van der Waals surface area contributed by atoms with Gasteiger partial charge in [-0.05, 0) is 25.7 Å². The zero-order valence-electron chi connectivity index (χ0n) is 17.5. The molecule has 0 aromatic rings. The van der Waals surface area contributed by atoms with Gasteiger partial charge in [0.15, 0.2) is 0 Å². The summed E-state index contributed by atoms with van der Waals surface area (Å²) in [6, 6.07) is 0. The maximum atomic E-state index is 11.4. The summed E-state index contributed by atoms with van der Waals surface area (Å²) in [7, 11) is -4.20. The quantitative estimate of drug-likeness (QED) is 0.212. The van der Waals surface area contributed by atoms with Crippen molar-refractivity contribution in [3.63, 3.8) is 0 Å². The van der Waals surface area contributed by atoms with Gasteiger partial charge in [-0.2, -0.15) is 0 Å². The molecule has 0 aliphatic carbocycles. The first kappa shape index (κ1) is 29.7. The number of aliphatic hydroxyl groups excluding tert-OH is 1. The van der Waals surface area contributed by atoms with Gasteiger partial charge in [-0.3, -0.25) is 0 Å². The van der Waals surface area contributed by atoms with Crippen LogP contribution in [0.25, 0.3) is 0 Å². The molecular formula is C20H41KO4S. The summed E-state index contributed by atoms with van der Waals surface area (Å²) in [5, 5.41) is 9.07. The van der Waals surface area contributed by atoms with Crippen LogP contribution >= 0.6 is 0 Å². The third-order valence-corrected chi connectivity index (χ3v) is 6.28. The Balaban J connectivity index is 0. The first-order valence-corrected chi connectivity index (χ1v) is 12.0. The monoisotopic (exact) mass is 416 g/mol. The van der Waals surface area contributed by atoms with Crippen LogP contribution in [0.3, 0.4) is 0 Å². The Labute approximate surface area is 205 Å². The fourth-order valence-corrected chi connectivity index (χ4v) is 4.19. The molecule has 0 radical (unpaired) electrons. The zero-order valence-corrected chi connectivity index (χ0v) is 21.5. The molecule has 2 unspecified atom stereocenters. The van der Waals surface area contributed by atoms with Gasteiger partial charge in [0, 0.05) is 5.25 Å². The van der Waals surface area contributed by atoms with Gasteiger partial charge in [-0.15, -0.1) is 0 Å². The van der Waals surface area contributed by atoms with Crippen molar-refractivity contribution in [3.8, 4) is 0 Å². The van der Waals surface area contributed by atoms with E-state index >= 15 is 0 Å². The molecule has 0 spiro atoms. The van der Waals surface area contributed by atoms with Crippen molar-refractivity contribution in [1.29, 1.82) is 0 Å². The second kappa shape index (κ2) is 19.8. The van der Waals surface area contributed by atoms with Crippen molar-refractivity contribution in [3.05, 3.63) is 0 Å². The average Bonchev–Trinajstić information content (AvgIpc) is 2.56. The molecule has 0 aliphatic heterocycles. The molecule has 0 aliphatic rings. The van der Waals surface area contributed by atoms with Crippen LogP contribution in [0.15, 0.2) is 0 Å². The topological polar surface area (TPSA) is 77.4 Å². The van der Waals surface area contributed by atoms with Gasteiger partial charge < -0.3 is 9.66 Å². The minimum Gasteiger partial charge on any atom is -0.748 e. The molecule has 0 aromatic heterocycles. The molecule has 0 amide bonds. The Hall–Kier alpha value is 1.51. The van der Waals surface area contributed by atoms with Crippen molar-refractivity contribution in [1.82, 2.24) is 0 Å². The summed E-state index contributed by atoms with van der Waals surface area (Å²) < 4.78 is 34.3. The van der Waals surface area contributed by atoms with Gasteiger partial charge in [-0.25, -0.2) is 8.42 Å². The smallest absolute Gasteiger partial charge is 0.748 e. The van der Waals surface area contributed by atoms with Gasteiger partial charge in [-0.1, -0.05) is 90.9 Å². The maximum absolute atomic E-state index is 11.4. The van der Waals surface area contributed by atoms with Gasteiger partial charge in [0.1, 0.15) is 0 Å². The number of rotatable bonds is 18. The summed E-state index contributed by atoms with van der Waals surface area (Å²) >= 11 is 0.